The summed E-state index contributed by atoms with van der Waals surface area (Å²) in [6.07, 6.45) is 1.37. The Kier molecular flexibility index (Phi) is 5.92. The van der Waals surface area contributed by atoms with Gasteiger partial charge < -0.3 is 10.2 Å². The summed E-state index contributed by atoms with van der Waals surface area (Å²) < 4.78 is 0. The summed E-state index contributed by atoms with van der Waals surface area (Å²) in [7, 11) is 3.50. The van der Waals surface area contributed by atoms with E-state index >= 15 is 0 Å². The zero-order valence-electron chi connectivity index (χ0n) is 9.46. The molecule has 0 aliphatic carbocycles. The van der Waals surface area contributed by atoms with Gasteiger partial charge in [-0.25, -0.2) is 0 Å². The number of nitrogens with one attached hydrogen (secondary N) is 1. The van der Waals surface area contributed by atoms with Crippen molar-refractivity contribution in [3.63, 3.8) is 0 Å². The molecule has 0 rings (SSSR count). The van der Waals surface area contributed by atoms with Gasteiger partial charge in [-0.1, -0.05) is 6.92 Å². The molecule has 0 aromatic heterocycles. The predicted molar refractivity (Wildman–Crippen MR) is 55.8 cm³/mol. The lowest BCUT2D eigenvalue weighted by molar-refractivity contribution is -0.128. The molecular formula is C10H20N2O2. The van der Waals surface area contributed by atoms with E-state index in [4.69, 9.17) is 0 Å². The quantitative estimate of drug-likeness (QED) is 0.707. The lowest BCUT2D eigenvalue weighted by Gasteiger charge is -2.14. The Hall–Kier alpha value is -1.06. The number of hydrogen-bond acceptors (Lipinski definition) is 2. The molecule has 82 valence electrons. The van der Waals surface area contributed by atoms with Crippen molar-refractivity contribution in [2.75, 3.05) is 20.6 Å². The fraction of sp³-hybridized carbons (Fsp3) is 0.800. The second kappa shape index (κ2) is 6.40. The van der Waals surface area contributed by atoms with Gasteiger partial charge in [-0.05, 0) is 12.3 Å². The van der Waals surface area contributed by atoms with Crippen LogP contribution in [0.3, 0.4) is 0 Å². The minimum absolute atomic E-state index is 0.0178. The highest BCUT2D eigenvalue weighted by Crippen LogP contribution is 2.05. The molecule has 2 amide bonds. The van der Waals surface area contributed by atoms with E-state index in [1.165, 1.54) is 6.92 Å². The summed E-state index contributed by atoms with van der Waals surface area (Å²) >= 11 is 0. The third kappa shape index (κ3) is 6.46. The third-order valence-electron chi connectivity index (χ3n) is 2.05. The first-order valence-electron chi connectivity index (χ1n) is 4.88. The normalized spacial score (nSPS) is 12.0. The van der Waals surface area contributed by atoms with Gasteiger partial charge in [-0.15, -0.1) is 0 Å². The Morgan fingerprint density at radius 1 is 1.36 bits per heavy atom. The van der Waals surface area contributed by atoms with E-state index in [0.717, 1.165) is 6.42 Å². The summed E-state index contributed by atoms with van der Waals surface area (Å²) in [4.78, 5) is 23.4. The van der Waals surface area contributed by atoms with E-state index in [2.05, 4.69) is 5.32 Å². The number of amides is 2. The Labute approximate surface area is 85.7 Å². The van der Waals surface area contributed by atoms with Crippen LogP contribution < -0.4 is 5.32 Å². The van der Waals surface area contributed by atoms with Crippen LogP contribution in [-0.2, 0) is 9.59 Å². The highest BCUT2D eigenvalue weighted by Gasteiger charge is 2.08. The van der Waals surface area contributed by atoms with E-state index < -0.39 is 0 Å². The van der Waals surface area contributed by atoms with E-state index in [9.17, 15) is 9.59 Å². The first-order valence-corrected chi connectivity index (χ1v) is 4.88. The molecule has 4 heteroatoms. The second-order valence-electron chi connectivity index (χ2n) is 3.87. The zero-order chi connectivity index (χ0) is 11.1. The fourth-order valence-corrected chi connectivity index (χ4v) is 1.01. The monoisotopic (exact) mass is 200 g/mol. The maximum atomic E-state index is 11.2. The SMILES string of the molecule is CC(=O)NCC(C)CCC(=O)N(C)C. The average Bonchev–Trinajstić information content (AvgIpc) is 2.10. The van der Waals surface area contributed by atoms with Crippen molar-refractivity contribution in [2.24, 2.45) is 5.92 Å². The predicted octanol–water partition coefficient (Wildman–Crippen LogP) is 0.627. The molecule has 0 saturated heterocycles. The summed E-state index contributed by atoms with van der Waals surface area (Å²) in [5.74, 6) is 0.471. The van der Waals surface area contributed by atoms with E-state index in [1.54, 1.807) is 19.0 Å². The van der Waals surface area contributed by atoms with Crippen LogP contribution in [-0.4, -0.2) is 37.4 Å². The maximum Gasteiger partial charge on any atom is 0.222 e. The lowest BCUT2D eigenvalue weighted by Crippen LogP contribution is -2.27. The minimum atomic E-state index is -0.0178. The Balaban J connectivity index is 3.58. The van der Waals surface area contributed by atoms with Gasteiger partial charge in [-0.2, -0.15) is 0 Å². The van der Waals surface area contributed by atoms with Gasteiger partial charge in [0.05, 0.1) is 0 Å². The fourth-order valence-electron chi connectivity index (χ4n) is 1.01. The van der Waals surface area contributed by atoms with Crippen molar-refractivity contribution in [2.45, 2.75) is 26.7 Å². The van der Waals surface area contributed by atoms with Crippen LogP contribution in [0.2, 0.25) is 0 Å². The Bertz CT molecular complexity index is 202. The van der Waals surface area contributed by atoms with Crippen molar-refractivity contribution in [3.8, 4) is 0 Å². The van der Waals surface area contributed by atoms with Crippen LogP contribution >= 0.6 is 0 Å². The van der Waals surface area contributed by atoms with Crippen LogP contribution in [0.15, 0.2) is 0 Å². The summed E-state index contributed by atoms with van der Waals surface area (Å²) in [6.45, 7) is 4.17. The summed E-state index contributed by atoms with van der Waals surface area (Å²) in [5, 5.41) is 2.73. The molecule has 1 unspecified atom stereocenters. The van der Waals surface area contributed by atoms with E-state index in [0.29, 0.717) is 18.9 Å². The van der Waals surface area contributed by atoms with E-state index in [-0.39, 0.29) is 11.8 Å². The molecule has 0 aromatic carbocycles. The number of hydrogen-bond donors (Lipinski definition) is 1. The van der Waals surface area contributed by atoms with Crippen molar-refractivity contribution in [1.29, 1.82) is 0 Å². The van der Waals surface area contributed by atoms with Gasteiger partial charge in [0.2, 0.25) is 11.8 Å². The second-order valence-corrected chi connectivity index (χ2v) is 3.87. The Morgan fingerprint density at radius 2 is 1.93 bits per heavy atom. The van der Waals surface area contributed by atoms with Crippen molar-refractivity contribution in [3.05, 3.63) is 0 Å². The molecule has 0 bridgehead atoms. The van der Waals surface area contributed by atoms with Crippen molar-refractivity contribution >= 4 is 11.8 Å². The topological polar surface area (TPSA) is 49.4 Å². The molecule has 0 spiro atoms. The largest absolute Gasteiger partial charge is 0.356 e. The number of carbonyl (C=O) groups excluding carboxylic acids is 2. The van der Waals surface area contributed by atoms with Crippen LogP contribution in [0.1, 0.15) is 26.7 Å². The highest BCUT2D eigenvalue weighted by molar-refractivity contribution is 5.75. The molecule has 0 aromatic rings. The number of carbonyl (C=O) groups is 2. The standard InChI is InChI=1S/C10H20N2O2/c1-8(7-11-9(2)13)5-6-10(14)12(3)4/h8H,5-7H2,1-4H3,(H,11,13). The smallest absolute Gasteiger partial charge is 0.222 e. The number of rotatable bonds is 5. The number of nitrogens with zero attached hydrogens (tertiary/aromatic N) is 1. The molecular weight excluding hydrogens is 180 g/mol. The highest BCUT2D eigenvalue weighted by atomic mass is 16.2. The molecule has 4 nitrogen and oxygen atoms in total. The molecule has 0 heterocycles. The maximum absolute atomic E-state index is 11.2. The molecule has 0 aliphatic heterocycles. The van der Waals surface area contributed by atoms with Crippen LogP contribution in [0, 0.1) is 5.92 Å². The Morgan fingerprint density at radius 3 is 2.36 bits per heavy atom. The van der Waals surface area contributed by atoms with Gasteiger partial charge in [0.15, 0.2) is 0 Å². The van der Waals surface area contributed by atoms with Crippen LogP contribution in [0.25, 0.3) is 0 Å². The lowest BCUT2D eigenvalue weighted by atomic mass is 10.1. The zero-order valence-corrected chi connectivity index (χ0v) is 9.46. The van der Waals surface area contributed by atoms with E-state index in [1.807, 2.05) is 6.92 Å². The average molecular weight is 200 g/mol. The molecule has 1 atom stereocenters. The van der Waals surface area contributed by atoms with Gasteiger partial charge in [-0.3, -0.25) is 9.59 Å². The molecule has 0 saturated carbocycles. The molecule has 0 fully saturated rings. The van der Waals surface area contributed by atoms with Gasteiger partial charge in [0, 0.05) is 34.0 Å². The summed E-state index contributed by atoms with van der Waals surface area (Å²) in [5.41, 5.74) is 0. The molecule has 14 heavy (non-hydrogen) atoms. The van der Waals surface area contributed by atoms with Gasteiger partial charge in [0.1, 0.15) is 0 Å². The van der Waals surface area contributed by atoms with Gasteiger partial charge in [0.25, 0.3) is 0 Å². The molecule has 0 radical (unpaired) electrons. The first-order chi connectivity index (χ1) is 6.43. The van der Waals surface area contributed by atoms with Gasteiger partial charge >= 0.3 is 0 Å². The first kappa shape index (κ1) is 12.9. The molecule has 0 aliphatic rings. The van der Waals surface area contributed by atoms with Crippen LogP contribution in [0.4, 0.5) is 0 Å². The van der Waals surface area contributed by atoms with Crippen molar-refractivity contribution in [1.82, 2.24) is 10.2 Å². The third-order valence-corrected chi connectivity index (χ3v) is 2.05. The van der Waals surface area contributed by atoms with Crippen LogP contribution in [0.5, 0.6) is 0 Å². The molecule has 1 N–H and O–H groups in total. The summed E-state index contributed by atoms with van der Waals surface area (Å²) in [6, 6.07) is 0. The minimum Gasteiger partial charge on any atom is -0.356 e. The van der Waals surface area contributed by atoms with Crippen molar-refractivity contribution < 1.29 is 9.59 Å².